The van der Waals surface area contributed by atoms with E-state index in [-0.39, 0.29) is 10.6 Å². The van der Waals surface area contributed by atoms with Gasteiger partial charge in [-0.25, -0.2) is 0 Å². The van der Waals surface area contributed by atoms with Crippen LogP contribution >= 0.6 is 0 Å². The molecule has 0 bridgehead atoms. The van der Waals surface area contributed by atoms with Crippen LogP contribution in [0.5, 0.6) is 5.75 Å². The number of ether oxygens (including phenoxy) is 2. The van der Waals surface area contributed by atoms with Crippen molar-refractivity contribution in [2.24, 2.45) is 5.41 Å². The molecule has 1 spiro atoms. The maximum Gasteiger partial charge on any atom is 0.521 e. The first-order valence-electron chi connectivity index (χ1n) is 11.2. The molecule has 2 fully saturated rings. The van der Waals surface area contributed by atoms with Gasteiger partial charge in [-0.1, -0.05) is 6.07 Å². The molecule has 2 aromatic carbocycles. The summed E-state index contributed by atoms with van der Waals surface area (Å²) in [6, 6.07) is 12.5. The number of piperidine rings is 2. The number of quaternary nitrogens is 1. The van der Waals surface area contributed by atoms with Gasteiger partial charge in [0.25, 0.3) is 0 Å². The van der Waals surface area contributed by atoms with E-state index < -0.39 is 5.60 Å². The van der Waals surface area contributed by atoms with E-state index in [4.69, 9.17) is 9.47 Å². The Morgan fingerprint density at radius 1 is 0.967 bits per heavy atom. The summed E-state index contributed by atoms with van der Waals surface area (Å²) in [6.07, 6.45) is 4.42. The Bertz CT molecular complexity index is 916. The summed E-state index contributed by atoms with van der Waals surface area (Å²) >= 11 is 0. The highest BCUT2D eigenvalue weighted by Gasteiger charge is 2.50. The largest absolute Gasteiger partial charge is 0.521 e. The summed E-state index contributed by atoms with van der Waals surface area (Å²) in [5, 5.41) is 5.72. The van der Waals surface area contributed by atoms with Crippen LogP contribution in [0.3, 0.4) is 0 Å². The van der Waals surface area contributed by atoms with Crippen molar-refractivity contribution in [3.05, 3.63) is 36.4 Å². The minimum absolute atomic E-state index is 0.126. The van der Waals surface area contributed by atoms with E-state index in [0.29, 0.717) is 5.41 Å². The molecule has 4 rings (SSSR count). The monoisotopic (exact) mass is 411 g/mol. The molecule has 0 aromatic heterocycles. The number of hydrogen-bond acceptors (Lipinski definition) is 4. The van der Waals surface area contributed by atoms with Crippen molar-refractivity contribution in [2.45, 2.75) is 52.1 Å². The molecule has 0 radical (unpaired) electrons. The van der Waals surface area contributed by atoms with Crippen molar-refractivity contribution in [3.8, 4) is 5.75 Å². The molecule has 2 heterocycles. The standard InChI is InChI=1S/C25H35N2O3/c1-24(2,3)30-23(28)27(15-11-25(12-16-27)9-13-26-14-10-25)21-7-5-20-18-22(29-4)8-6-19(20)17-21/h5-8,17-18,26H,9-16H2,1-4H3/q+1. The third-order valence-corrected chi connectivity index (χ3v) is 6.98. The van der Waals surface area contributed by atoms with Crippen LogP contribution in [0.1, 0.15) is 46.5 Å². The van der Waals surface area contributed by atoms with Crippen LogP contribution < -0.4 is 14.5 Å². The topological polar surface area (TPSA) is 47.6 Å². The third kappa shape index (κ3) is 4.06. The second-order valence-corrected chi connectivity index (χ2v) is 10.0. The van der Waals surface area contributed by atoms with Gasteiger partial charge in [-0.3, -0.25) is 0 Å². The lowest BCUT2D eigenvalue weighted by molar-refractivity contribution is 0.00758. The molecular formula is C25H35N2O3+. The van der Waals surface area contributed by atoms with Crippen molar-refractivity contribution in [2.75, 3.05) is 33.3 Å². The van der Waals surface area contributed by atoms with Gasteiger partial charge >= 0.3 is 6.09 Å². The lowest BCUT2D eigenvalue weighted by Gasteiger charge is -2.47. The van der Waals surface area contributed by atoms with Gasteiger partial charge in [0.15, 0.2) is 0 Å². The zero-order valence-corrected chi connectivity index (χ0v) is 18.8. The molecule has 30 heavy (non-hydrogen) atoms. The van der Waals surface area contributed by atoms with Crippen LogP contribution in [0.4, 0.5) is 10.5 Å². The summed E-state index contributed by atoms with van der Waals surface area (Å²) in [6.45, 7) is 9.63. The number of amides is 1. The Morgan fingerprint density at radius 2 is 1.60 bits per heavy atom. The zero-order valence-electron chi connectivity index (χ0n) is 18.8. The number of nitrogens with one attached hydrogen (secondary N) is 1. The summed E-state index contributed by atoms with van der Waals surface area (Å²) in [5.74, 6) is 0.845. The molecule has 0 saturated carbocycles. The van der Waals surface area contributed by atoms with Gasteiger partial charge in [-0.2, -0.15) is 9.28 Å². The molecule has 2 aliphatic heterocycles. The van der Waals surface area contributed by atoms with Gasteiger partial charge in [-0.15, -0.1) is 0 Å². The van der Waals surface area contributed by atoms with Gasteiger partial charge in [0, 0.05) is 25.0 Å². The van der Waals surface area contributed by atoms with E-state index in [1.54, 1.807) is 7.11 Å². The number of likely N-dealkylation sites (tertiary alicyclic amines) is 1. The van der Waals surface area contributed by atoms with E-state index >= 15 is 0 Å². The Kier molecular flexibility index (Phi) is 5.54. The molecule has 2 aliphatic rings. The maximum atomic E-state index is 13.6. The van der Waals surface area contributed by atoms with Gasteiger partial charge in [0.1, 0.15) is 17.0 Å². The molecule has 0 atom stereocenters. The number of benzene rings is 2. The molecule has 0 aliphatic carbocycles. The fourth-order valence-corrected chi connectivity index (χ4v) is 5.05. The van der Waals surface area contributed by atoms with Gasteiger partial charge in [0.05, 0.1) is 20.2 Å². The predicted octanol–water partition coefficient (Wildman–Crippen LogP) is 5.25. The molecule has 1 N–H and O–H groups in total. The molecule has 5 heteroatoms. The molecule has 162 valence electrons. The first-order chi connectivity index (χ1) is 14.3. The van der Waals surface area contributed by atoms with Crippen LogP contribution in [0, 0.1) is 5.41 Å². The number of hydrogen-bond donors (Lipinski definition) is 1. The normalized spacial score (nSPS) is 20.8. The fourth-order valence-electron chi connectivity index (χ4n) is 5.05. The minimum atomic E-state index is -0.504. The molecule has 0 unspecified atom stereocenters. The van der Waals surface area contributed by atoms with Gasteiger partial charge in [0.2, 0.25) is 0 Å². The quantitative estimate of drug-likeness (QED) is 0.685. The van der Waals surface area contributed by atoms with Gasteiger partial charge in [-0.05, 0) is 81.1 Å². The Hall–Kier alpha value is -2.11. The average Bonchev–Trinajstić information content (AvgIpc) is 2.73. The molecule has 5 nitrogen and oxygen atoms in total. The summed E-state index contributed by atoms with van der Waals surface area (Å²) in [5.41, 5.74) is 0.904. The van der Waals surface area contributed by atoms with Crippen molar-refractivity contribution in [1.29, 1.82) is 0 Å². The van der Waals surface area contributed by atoms with Crippen LogP contribution in [0.15, 0.2) is 36.4 Å². The summed E-state index contributed by atoms with van der Waals surface area (Å²) in [4.78, 5) is 13.6. The van der Waals surface area contributed by atoms with Crippen LogP contribution in [0.2, 0.25) is 0 Å². The predicted molar refractivity (Wildman–Crippen MR) is 122 cm³/mol. The number of rotatable bonds is 2. The molecule has 2 aromatic rings. The summed E-state index contributed by atoms with van der Waals surface area (Å²) in [7, 11) is 1.68. The van der Waals surface area contributed by atoms with E-state index in [9.17, 15) is 4.79 Å². The second kappa shape index (κ2) is 7.86. The van der Waals surface area contributed by atoms with Crippen molar-refractivity contribution in [3.63, 3.8) is 0 Å². The molecular weight excluding hydrogens is 376 g/mol. The number of carbonyl (C=O) groups excluding carboxylic acids is 1. The smallest absolute Gasteiger partial charge is 0.497 e. The SMILES string of the molecule is COc1ccc2cc([N+]3(C(=O)OC(C)(C)C)CCC4(CCNCC4)CC3)ccc2c1. The molecule has 1 amide bonds. The number of carbonyl (C=O) groups is 1. The van der Waals surface area contributed by atoms with E-state index in [0.717, 1.165) is 61.2 Å². The summed E-state index contributed by atoms with van der Waals surface area (Å²) < 4.78 is 11.6. The Labute approximate surface area is 179 Å². The third-order valence-electron chi connectivity index (χ3n) is 6.98. The van der Waals surface area contributed by atoms with Crippen molar-refractivity contribution in [1.82, 2.24) is 9.80 Å². The highest BCUT2D eigenvalue weighted by molar-refractivity contribution is 5.91. The maximum absolute atomic E-state index is 13.6. The van der Waals surface area contributed by atoms with Crippen LogP contribution in [0.25, 0.3) is 10.8 Å². The average molecular weight is 412 g/mol. The lowest BCUT2D eigenvalue weighted by atomic mass is 9.71. The Balaban J connectivity index is 1.70. The van der Waals surface area contributed by atoms with E-state index in [1.165, 1.54) is 12.8 Å². The van der Waals surface area contributed by atoms with Crippen LogP contribution in [-0.2, 0) is 4.74 Å². The Morgan fingerprint density at radius 3 is 2.23 bits per heavy atom. The minimum Gasteiger partial charge on any atom is -0.497 e. The van der Waals surface area contributed by atoms with E-state index in [2.05, 4.69) is 29.6 Å². The molecule has 2 saturated heterocycles. The second-order valence-electron chi connectivity index (χ2n) is 10.0. The van der Waals surface area contributed by atoms with Crippen molar-refractivity contribution >= 4 is 22.6 Å². The van der Waals surface area contributed by atoms with Crippen LogP contribution in [-0.4, -0.2) is 45.0 Å². The van der Waals surface area contributed by atoms with Gasteiger partial charge < -0.3 is 14.8 Å². The first-order valence-corrected chi connectivity index (χ1v) is 11.2. The fraction of sp³-hybridized carbons (Fsp3) is 0.560. The number of fused-ring (bicyclic) bond motifs is 1. The van der Waals surface area contributed by atoms with Crippen molar-refractivity contribution < 1.29 is 14.3 Å². The number of methoxy groups -OCH3 is 1. The number of nitrogens with zero attached hydrogens (tertiary/aromatic N) is 1. The zero-order chi connectivity index (χ0) is 21.4. The van der Waals surface area contributed by atoms with E-state index in [1.807, 2.05) is 32.9 Å². The first kappa shape index (κ1) is 21.1. The highest BCUT2D eigenvalue weighted by Crippen LogP contribution is 2.44. The highest BCUT2D eigenvalue weighted by atomic mass is 16.6. The lowest BCUT2D eigenvalue weighted by Crippen LogP contribution is -2.62.